The molecule has 1 fully saturated rings. The van der Waals surface area contributed by atoms with E-state index in [2.05, 4.69) is 19.2 Å². The highest BCUT2D eigenvalue weighted by Gasteiger charge is 2.44. The summed E-state index contributed by atoms with van der Waals surface area (Å²) in [5, 5.41) is 2.90. The molecule has 0 radical (unpaired) electrons. The van der Waals surface area contributed by atoms with Gasteiger partial charge in [-0.25, -0.2) is 8.42 Å². The Morgan fingerprint density at radius 1 is 1.50 bits per heavy atom. The van der Waals surface area contributed by atoms with Crippen LogP contribution in [0.5, 0.6) is 0 Å². The van der Waals surface area contributed by atoms with Gasteiger partial charge in [-0.1, -0.05) is 13.8 Å². The van der Waals surface area contributed by atoms with Gasteiger partial charge in [0.2, 0.25) is 0 Å². The van der Waals surface area contributed by atoms with Gasteiger partial charge in [0.05, 0.1) is 11.0 Å². The second-order valence-electron chi connectivity index (χ2n) is 3.89. The van der Waals surface area contributed by atoms with Crippen LogP contribution in [0.1, 0.15) is 20.3 Å². The Kier molecular flexibility index (Phi) is 2.78. The molecule has 3 nitrogen and oxygen atoms in total. The first-order valence-corrected chi connectivity index (χ1v) is 6.07. The van der Waals surface area contributed by atoms with Crippen LogP contribution < -0.4 is 5.32 Å². The van der Waals surface area contributed by atoms with Crippen molar-refractivity contribution in [1.29, 1.82) is 0 Å². The van der Waals surface area contributed by atoms with E-state index in [1.54, 1.807) is 0 Å². The first-order valence-electron chi connectivity index (χ1n) is 4.36. The van der Waals surface area contributed by atoms with E-state index in [4.69, 9.17) is 0 Å². The molecule has 0 spiro atoms. The molecule has 1 aliphatic heterocycles. The number of sulfone groups is 1. The van der Waals surface area contributed by atoms with Gasteiger partial charge in [0.15, 0.2) is 9.84 Å². The molecule has 1 saturated heterocycles. The van der Waals surface area contributed by atoms with Gasteiger partial charge in [0.1, 0.15) is 0 Å². The molecule has 12 heavy (non-hydrogen) atoms. The molecule has 2 atom stereocenters. The standard InChI is InChI=1S/C8H17NO2S/c1-6(2)4-8-7(9-3)5-12(8,10)11/h6-9H,4-5H2,1-3H3. The van der Waals surface area contributed by atoms with Crippen LogP contribution in [0, 0.1) is 5.92 Å². The van der Waals surface area contributed by atoms with Gasteiger partial charge in [0.25, 0.3) is 0 Å². The van der Waals surface area contributed by atoms with Gasteiger partial charge in [-0.05, 0) is 19.4 Å². The molecule has 1 aliphatic rings. The fourth-order valence-electron chi connectivity index (χ4n) is 1.65. The summed E-state index contributed by atoms with van der Waals surface area (Å²) >= 11 is 0. The van der Waals surface area contributed by atoms with Crippen molar-refractivity contribution in [3.63, 3.8) is 0 Å². The maximum atomic E-state index is 11.3. The molecule has 0 aliphatic carbocycles. The molecule has 1 N–H and O–H groups in total. The molecule has 0 saturated carbocycles. The number of nitrogens with one attached hydrogen (secondary N) is 1. The molecule has 72 valence electrons. The third-order valence-electron chi connectivity index (χ3n) is 2.40. The summed E-state index contributed by atoms with van der Waals surface area (Å²) in [6.07, 6.45) is 0.786. The lowest BCUT2D eigenvalue weighted by Gasteiger charge is -2.36. The minimum absolute atomic E-state index is 0.137. The second kappa shape index (κ2) is 3.34. The highest BCUT2D eigenvalue weighted by molar-refractivity contribution is 7.93. The second-order valence-corrected chi connectivity index (χ2v) is 6.16. The molecule has 0 aromatic heterocycles. The van der Waals surface area contributed by atoms with Crippen LogP contribution in [0.3, 0.4) is 0 Å². The zero-order chi connectivity index (χ0) is 9.35. The van der Waals surface area contributed by atoms with Crippen molar-refractivity contribution in [3.05, 3.63) is 0 Å². The molecular formula is C8H17NO2S. The molecule has 0 bridgehead atoms. The quantitative estimate of drug-likeness (QED) is 0.703. The summed E-state index contributed by atoms with van der Waals surface area (Å²) in [5.41, 5.74) is 0. The largest absolute Gasteiger partial charge is 0.315 e. The van der Waals surface area contributed by atoms with Crippen molar-refractivity contribution < 1.29 is 8.42 Å². The minimum Gasteiger partial charge on any atom is -0.315 e. The first kappa shape index (κ1) is 9.99. The van der Waals surface area contributed by atoms with Crippen molar-refractivity contribution >= 4 is 9.84 Å². The summed E-state index contributed by atoms with van der Waals surface area (Å²) < 4.78 is 22.6. The molecular weight excluding hydrogens is 174 g/mol. The average Bonchev–Trinajstić information content (AvgIpc) is 1.96. The van der Waals surface area contributed by atoms with Crippen LogP contribution in [-0.4, -0.2) is 32.5 Å². The molecule has 0 aromatic carbocycles. The molecule has 1 heterocycles. The Balaban J connectivity index is 2.59. The van der Waals surface area contributed by atoms with E-state index in [0.29, 0.717) is 11.7 Å². The number of hydrogen-bond donors (Lipinski definition) is 1. The van der Waals surface area contributed by atoms with Crippen LogP contribution in [-0.2, 0) is 9.84 Å². The maximum absolute atomic E-state index is 11.3. The average molecular weight is 191 g/mol. The minimum atomic E-state index is -2.74. The normalized spacial score (nSPS) is 33.3. The van der Waals surface area contributed by atoms with E-state index < -0.39 is 9.84 Å². The molecule has 1 rings (SSSR count). The topological polar surface area (TPSA) is 46.2 Å². The Bertz CT molecular complexity index is 246. The summed E-state index contributed by atoms with van der Waals surface area (Å²) in [7, 11) is -0.915. The highest BCUT2D eigenvalue weighted by Crippen LogP contribution is 2.27. The van der Waals surface area contributed by atoms with Crippen molar-refractivity contribution in [2.45, 2.75) is 31.6 Å². The van der Waals surface area contributed by atoms with Gasteiger partial charge >= 0.3 is 0 Å². The van der Waals surface area contributed by atoms with Crippen molar-refractivity contribution in [1.82, 2.24) is 5.32 Å². The van der Waals surface area contributed by atoms with Gasteiger partial charge in [0, 0.05) is 6.04 Å². The lowest BCUT2D eigenvalue weighted by Crippen LogP contribution is -2.58. The molecule has 4 heteroatoms. The Labute approximate surface area is 74.5 Å². The summed E-state index contributed by atoms with van der Waals surface area (Å²) in [6.45, 7) is 4.11. The van der Waals surface area contributed by atoms with E-state index in [-0.39, 0.29) is 11.3 Å². The summed E-state index contributed by atoms with van der Waals surface area (Å²) in [5.74, 6) is 0.780. The summed E-state index contributed by atoms with van der Waals surface area (Å²) in [6, 6.07) is 0.192. The predicted molar refractivity (Wildman–Crippen MR) is 49.9 cm³/mol. The van der Waals surface area contributed by atoms with Crippen molar-refractivity contribution in [2.24, 2.45) is 5.92 Å². The first-order chi connectivity index (χ1) is 5.47. The number of rotatable bonds is 3. The van der Waals surface area contributed by atoms with E-state index in [0.717, 1.165) is 6.42 Å². The zero-order valence-electron chi connectivity index (χ0n) is 7.87. The predicted octanol–water partition coefficient (Wildman–Crippen LogP) is 0.417. The van der Waals surface area contributed by atoms with Crippen LogP contribution in [0.4, 0.5) is 0 Å². The van der Waals surface area contributed by atoms with Crippen molar-refractivity contribution in [3.8, 4) is 0 Å². The van der Waals surface area contributed by atoms with Crippen molar-refractivity contribution in [2.75, 3.05) is 12.8 Å². The zero-order valence-corrected chi connectivity index (χ0v) is 8.69. The Hall–Kier alpha value is -0.0900. The Morgan fingerprint density at radius 3 is 2.42 bits per heavy atom. The van der Waals surface area contributed by atoms with Crippen LogP contribution >= 0.6 is 0 Å². The monoisotopic (exact) mass is 191 g/mol. The fraction of sp³-hybridized carbons (Fsp3) is 1.00. The van der Waals surface area contributed by atoms with Crippen LogP contribution in [0.15, 0.2) is 0 Å². The lowest BCUT2D eigenvalue weighted by atomic mass is 10.0. The van der Waals surface area contributed by atoms with E-state index in [9.17, 15) is 8.42 Å². The van der Waals surface area contributed by atoms with Gasteiger partial charge in [-0.15, -0.1) is 0 Å². The van der Waals surface area contributed by atoms with E-state index in [1.807, 2.05) is 7.05 Å². The lowest BCUT2D eigenvalue weighted by molar-refractivity contribution is 0.422. The van der Waals surface area contributed by atoms with Gasteiger partial charge < -0.3 is 5.32 Å². The SMILES string of the molecule is CNC1CS(=O)(=O)C1CC(C)C. The van der Waals surface area contributed by atoms with E-state index >= 15 is 0 Å². The summed E-state index contributed by atoms with van der Waals surface area (Å²) in [4.78, 5) is 0. The highest BCUT2D eigenvalue weighted by atomic mass is 32.2. The third kappa shape index (κ3) is 1.80. The molecule has 0 amide bonds. The smallest absolute Gasteiger partial charge is 0.156 e. The van der Waals surface area contributed by atoms with Gasteiger partial charge in [-0.2, -0.15) is 0 Å². The third-order valence-corrected chi connectivity index (χ3v) is 4.66. The molecule has 2 unspecified atom stereocenters. The Morgan fingerprint density at radius 2 is 2.08 bits per heavy atom. The fourth-order valence-corrected chi connectivity index (χ4v) is 3.85. The van der Waals surface area contributed by atoms with Gasteiger partial charge in [-0.3, -0.25) is 0 Å². The number of hydrogen-bond acceptors (Lipinski definition) is 3. The van der Waals surface area contributed by atoms with Crippen LogP contribution in [0.25, 0.3) is 0 Å². The van der Waals surface area contributed by atoms with Crippen LogP contribution in [0.2, 0.25) is 0 Å². The maximum Gasteiger partial charge on any atom is 0.156 e. The van der Waals surface area contributed by atoms with E-state index in [1.165, 1.54) is 0 Å². The molecule has 0 aromatic rings.